The zero-order chi connectivity index (χ0) is 19.9. The quantitative estimate of drug-likeness (QED) is 0.278. The van der Waals surface area contributed by atoms with Gasteiger partial charge in [0.1, 0.15) is 12.4 Å². The van der Waals surface area contributed by atoms with E-state index in [0.29, 0.717) is 23.6 Å². The fourth-order valence-corrected chi connectivity index (χ4v) is 3.90. The number of nitrogens with zero attached hydrogens (tertiary/aromatic N) is 1. The predicted molar refractivity (Wildman–Crippen MR) is 119 cm³/mol. The fourth-order valence-electron chi connectivity index (χ4n) is 2.45. The lowest BCUT2D eigenvalue weighted by atomic mass is 10.2. The first-order chi connectivity index (χ1) is 13.5. The van der Waals surface area contributed by atoms with Gasteiger partial charge in [0.25, 0.3) is 5.91 Å². The number of benzene rings is 3. The van der Waals surface area contributed by atoms with Gasteiger partial charge in [0.15, 0.2) is 0 Å². The first-order valence-electron chi connectivity index (χ1n) is 8.38. The van der Waals surface area contributed by atoms with E-state index in [2.05, 4.69) is 42.4 Å². The molecule has 0 saturated carbocycles. The number of carbonyl (C=O) groups is 1. The van der Waals surface area contributed by atoms with Crippen LogP contribution in [0.2, 0.25) is 0 Å². The smallest absolute Gasteiger partial charge is 0.273 e. The number of rotatable bonds is 6. The van der Waals surface area contributed by atoms with E-state index in [4.69, 9.17) is 10.5 Å². The Hall–Kier alpha value is -2.64. The SMILES string of the molecule is Nc1ccccc1C(=O)N/N=C/c1cc(Br)c(OCc2ccccc2)c(Br)c1. The Morgan fingerprint density at radius 3 is 2.36 bits per heavy atom. The molecule has 142 valence electrons. The van der Waals surface area contributed by atoms with E-state index in [1.54, 1.807) is 30.5 Å². The Morgan fingerprint density at radius 1 is 1.04 bits per heavy atom. The number of carbonyl (C=O) groups excluding carboxylic acids is 1. The Kier molecular flexibility index (Phi) is 6.84. The zero-order valence-corrected chi connectivity index (χ0v) is 17.9. The first-order valence-corrected chi connectivity index (χ1v) is 9.97. The van der Waals surface area contributed by atoms with Crippen LogP contribution in [0.3, 0.4) is 0 Å². The summed E-state index contributed by atoms with van der Waals surface area (Å²) in [5.74, 6) is 0.331. The van der Waals surface area contributed by atoms with Gasteiger partial charge in [-0.3, -0.25) is 4.79 Å². The van der Waals surface area contributed by atoms with Gasteiger partial charge >= 0.3 is 0 Å². The summed E-state index contributed by atoms with van der Waals surface area (Å²) in [7, 11) is 0. The van der Waals surface area contributed by atoms with Crippen molar-refractivity contribution in [2.45, 2.75) is 6.61 Å². The molecule has 0 bridgehead atoms. The largest absolute Gasteiger partial charge is 0.487 e. The van der Waals surface area contributed by atoms with E-state index in [0.717, 1.165) is 20.1 Å². The van der Waals surface area contributed by atoms with E-state index >= 15 is 0 Å². The summed E-state index contributed by atoms with van der Waals surface area (Å²) in [5.41, 5.74) is 10.9. The highest BCUT2D eigenvalue weighted by molar-refractivity contribution is 9.11. The predicted octanol–water partition coefficient (Wildman–Crippen LogP) is 5.14. The van der Waals surface area contributed by atoms with Crippen molar-refractivity contribution in [2.75, 3.05) is 5.73 Å². The summed E-state index contributed by atoms with van der Waals surface area (Å²) in [4.78, 5) is 12.1. The normalized spacial score (nSPS) is 10.8. The van der Waals surface area contributed by atoms with E-state index in [1.807, 2.05) is 42.5 Å². The maximum Gasteiger partial charge on any atom is 0.273 e. The molecule has 3 aromatic carbocycles. The number of anilines is 1. The third-order valence-electron chi connectivity index (χ3n) is 3.83. The number of amides is 1. The van der Waals surface area contributed by atoms with E-state index in [1.165, 1.54) is 0 Å². The minimum absolute atomic E-state index is 0.365. The van der Waals surface area contributed by atoms with Crippen LogP contribution in [0.4, 0.5) is 5.69 Å². The Bertz CT molecular complexity index is 985. The number of nitrogens with two attached hydrogens (primary N) is 1. The average molecular weight is 503 g/mol. The summed E-state index contributed by atoms with van der Waals surface area (Å²) in [5, 5.41) is 4.00. The van der Waals surface area contributed by atoms with Crippen LogP contribution in [0.5, 0.6) is 5.75 Å². The molecule has 28 heavy (non-hydrogen) atoms. The first kappa shape index (κ1) is 20.1. The molecule has 3 N–H and O–H groups in total. The van der Waals surface area contributed by atoms with Crippen molar-refractivity contribution in [3.63, 3.8) is 0 Å². The number of nitrogen functional groups attached to an aromatic ring is 1. The standard InChI is InChI=1S/C21H17Br2N3O2/c22-17-10-15(12-25-26-21(27)16-8-4-5-9-19(16)24)11-18(23)20(17)28-13-14-6-2-1-3-7-14/h1-12H,13,24H2,(H,26,27)/b25-12+. The maximum absolute atomic E-state index is 12.1. The highest BCUT2D eigenvalue weighted by Gasteiger charge is 2.10. The third kappa shape index (κ3) is 5.21. The topological polar surface area (TPSA) is 76.7 Å². The fraction of sp³-hybridized carbons (Fsp3) is 0.0476. The second-order valence-electron chi connectivity index (χ2n) is 5.87. The summed E-state index contributed by atoms with van der Waals surface area (Å²) in [6.07, 6.45) is 1.55. The molecular weight excluding hydrogens is 486 g/mol. The number of hydrazone groups is 1. The molecule has 0 heterocycles. The van der Waals surface area contributed by atoms with Crippen molar-refractivity contribution in [1.29, 1.82) is 0 Å². The molecular formula is C21H17Br2N3O2. The van der Waals surface area contributed by atoms with Crippen LogP contribution in [0, 0.1) is 0 Å². The molecule has 1 amide bonds. The molecule has 5 nitrogen and oxygen atoms in total. The second kappa shape index (κ2) is 9.52. The minimum atomic E-state index is -0.365. The molecule has 0 aliphatic heterocycles. The molecule has 0 unspecified atom stereocenters. The highest BCUT2D eigenvalue weighted by atomic mass is 79.9. The Labute approximate surface area is 179 Å². The van der Waals surface area contributed by atoms with Crippen molar-refractivity contribution >= 4 is 49.7 Å². The number of ether oxygens (including phenoxy) is 1. The number of halogens is 2. The maximum atomic E-state index is 12.1. The number of hydrogen-bond donors (Lipinski definition) is 2. The molecule has 0 radical (unpaired) electrons. The van der Waals surface area contributed by atoms with Crippen molar-refractivity contribution in [3.8, 4) is 5.75 Å². The van der Waals surface area contributed by atoms with Crippen LogP contribution in [-0.2, 0) is 6.61 Å². The van der Waals surface area contributed by atoms with E-state index in [9.17, 15) is 4.79 Å². The molecule has 3 aromatic rings. The van der Waals surface area contributed by atoms with Crippen LogP contribution in [-0.4, -0.2) is 12.1 Å². The molecule has 7 heteroatoms. The number of hydrogen-bond acceptors (Lipinski definition) is 4. The van der Waals surface area contributed by atoms with Gasteiger partial charge in [0.2, 0.25) is 0 Å². The van der Waals surface area contributed by atoms with Gasteiger partial charge in [-0.1, -0.05) is 42.5 Å². The monoisotopic (exact) mass is 501 g/mol. The minimum Gasteiger partial charge on any atom is -0.487 e. The van der Waals surface area contributed by atoms with Crippen molar-refractivity contribution in [2.24, 2.45) is 5.10 Å². The van der Waals surface area contributed by atoms with Crippen molar-refractivity contribution in [3.05, 3.63) is 92.4 Å². The van der Waals surface area contributed by atoms with Crippen LogP contribution in [0.25, 0.3) is 0 Å². The summed E-state index contributed by atoms with van der Waals surface area (Å²) in [6.45, 7) is 0.458. The number of para-hydroxylation sites is 1. The van der Waals surface area contributed by atoms with E-state index < -0.39 is 0 Å². The second-order valence-corrected chi connectivity index (χ2v) is 7.58. The lowest BCUT2D eigenvalue weighted by Crippen LogP contribution is -2.19. The van der Waals surface area contributed by atoms with E-state index in [-0.39, 0.29) is 5.91 Å². The van der Waals surface area contributed by atoms with Gasteiger partial charge in [-0.05, 0) is 67.3 Å². The van der Waals surface area contributed by atoms with Crippen LogP contribution in [0.1, 0.15) is 21.5 Å². The molecule has 0 aliphatic carbocycles. The van der Waals surface area contributed by atoms with Crippen molar-refractivity contribution < 1.29 is 9.53 Å². The van der Waals surface area contributed by atoms with Gasteiger partial charge in [-0.25, -0.2) is 5.43 Å². The average Bonchev–Trinajstić information content (AvgIpc) is 2.68. The lowest BCUT2D eigenvalue weighted by Gasteiger charge is -2.11. The Morgan fingerprint density at radius 2 is 1.68 bits per heavy atom. The summed E-state index contributed by atoms with van der Waals surface area (Å²) < 4.78 is 7.45. The molecule has 0 fully saturated rings. The molecule has 0 saturated heterocycles. The van der Waals surface area contributed by atoms with Gasteiger partial charge in [-0.15, -0.1) is 0 Å². The highest BCUT2D eigenvalue weighted by Crippen LogP contribution is 2.35. The summed E-state index contributed by atoms with van der Waals surface area (Å²) in [6, 6.07) is 20.5. The van der Waals surface area contributed by atoms with Gasteiger partial charge < -0.3 is 10.5 Å². The lowest BCUT2D eigenvalue weighted by molar-refractivity contribution is 0.0956. The van der Waals surface area contributed by atoms with Gasteiger partial charge in [0.05, 0.1) is 20.7 Å². The third-order valence-corrected chi connectivity index (χ3v) is 5.01. The number of nitrogens with one attached hydrogen (secondary N) is 1. The van der Waals surface area contributed by atoms with Crippen LogP contribution in [0.15, 0.2) is 80.8 Å². The molecule has 0 aliphatic rings. The molecule has 0 aromatic heterocycles. The molecule has 3 rings (SSSR count). The zero-order valence-electron chi connectivity index (χ0n) is 14.7. The van der Waals surface area contributed by atoms with Crippen molar-refractivity contribution in [1.82, 2.24) is 5.43 Å². The summed E-state index contributed by atoms with van der Waals surface area (Å²) >= 11 is 7.04. The van der Waals surface area contributed by atoms with Gasteiger partial charge in [-0.2, -0.15) is 5.10 Å². The van der Waals surface area contributed by atoms with Crippen LogP contribution < -0.4 is 15.9 Å². The van der Waals surface area contributed by atoms with Crippen LogP contribution >= 0.6 is 31.9 Å². The van der Waals surface area contributed by atoms with Gasteiger partial charge in [0, 0.05) is 5.69 Å². The molecule has 0 spiro atoms. The molecule has 0 atom stereocenters. The Balaban J connectivity index is 1.66.